The third kappa shape index (κ3) is 4.04. The summed E-state index contributed by atoms with van der Waals surface area (Å²) in [5.41, 5.74) is 4.48. The second-order valence-electron chi connectivity index (χ2n) is 7.92. The molecule has 2 heteroatoms. The van der Waals surface area contributed by atoms with E-state index in [9.17, 15) is 0 Å². The Morgan fingerprint density at radius 3 is 1.33 bits per heavy atom. The number of benzene rings is 4. The summed E-state index contributed by atoms with van der Waals surface area (Å²) in [6.45, 7) is 8.45. The van der Waals surface area contributed by atoms with Gasteiger partial charge in [0.2, 0.25) is 0 Å². The van der Waals surface area contributed by atoms with E-state index in [0.29, 0.717) is 0 Å². The Morgan fingerprint density at radius 1 is 0.533 bits per heavy atom. The van der Waals surface area contributed by atoms with Gasteiger partial charge in [-0.15, -0.1) is 0 Å². The molecule has 0 fully saturated rings. The molecule has 1 unspecified atom stereocenters. The van der Waals surface area contributed by atoms with E-state index in [1.807, 2.05) is 0 Å². The second-order valence-corrected chi connectivity index (χ2v) is 7.92. The molecule has 0 radical (unpaired) electrons. The van der Waals surface area contributed by atoms with Crippen molar-refractivity contribution >= 4 is 33.0 Å². The Hall–Kier alpha value is -3.26. The summed E-state index contributed by atoms with van der Waals surface area (Å²) in [5.74, 6) is 0. The van der Waals surface area contributed by atoms with Crippen molar-refractivity contribution in [2.45, 2.75) is 39.8 Å². The molecule has 0 aromatic heterocycles. The first-order chi connectivity index (χ1) is 14.5. The Kier molecular flexibility index (Phi) is 5.76. The summed E-state index contributed by atoms with van der Waals surface area (Å²) < 4.78 is 0. The zero-order chi connectivity index (χ0) is 21.1. The van der Waals surface area contributed by atoms with Crippen LogP contribution in [0.4, 0.5) is 0 Å². The number of hydrogen-bond donors (Lipinski definition) is 0. The first-order valence-electron chi connectivity index (χ1n) is 10.6. The van der Waals surface area contributed by atoms with E-state index in [1.165, 1.54) is 32.7 Å². The maximum atomic E-state index is 4.99. The molecule has 2 nitrogen and oxygen atoms in total. The van der Waals surface area contributed by atoms with Gasteiger partial charge in [0, 0.05) is 0 Å². The molecule has 2 atom stereocenters. The summed E-state index contributed by atoms with van der Waals surface area (Å²) in [4.78, 5) is 9.98. The van der Waals surface area contributed by atoms with Crippen LogP contribution in [-0.2, 0) is 0 Å². The van der Waals surface area contributed by atoms with Crippen LogP contribution in [0.25, 0.3) is 21.5 Å². The van der Waals surface area contributed by atoms with Gasteiger partial charge in [-0.3, -0.25) is 9.98 Å². The maximum absolute atomic E-state index is 4.99. The highest BCUT2D eigenvalue weighted by Gasteiger charge is 2.11. The first-order valence-corrected chi connectivity index (χ1v) is 10.6. The molecule has 4 aromatic rings. The molecule has 0 N–H and O–H groups in total. The Morgan fingerprint density at radius 2 is 0.900 bits per heavy atom. The molecule has 0 bridgehead atoms. The number of fused-ring (bicyclic) bond motifs is 2. The van der Waals surface area contributed by atoms with Gasteiger partial charge in [0.25, 0.3) is 0 Å². The summed E-state index contributed by atoms with van der Waals surface area (Å²) in [7, 11) is 0. The van der Waals surface area contributed by atoms with Crippen molar-refractivity contribution in [1.82, 2.24) is 0 Å². The Labute approximate surface area is 179 Å². The fourth-order valence-corrected chi connectivity index (χ4v) is 4.14. The molecule has 4 rings (SSSR count). The van der Waals surface area contributed by atoms with Gasteiger partial charge in [0.15, 0.2) is 0 Å². The van der Waals surface area contributed by atoms with Crippen LogP contribution >= 0.6 is 0 Å². The van der Waals surface area contributed by atoms with Crippen LogP contribution in [-0.4, -0.2) is 11.4 Å². The smallest absolute Gasteiger partial charge is 0.0730 e. The normalized spacial score (nSPS) is 14.8. The molecule has 0 heterocycles. The molecule has 0 aliphatic rings. The highest BCUT2D eigenvalue weighted by molar-refractivity contribution is 6.40. The van der Waals surface area contributed by atoms with Crippen molar-refractivity contribution in [3.63, 3.8) is 0 Å². The van der Waals surface area contributed by atoms with Gasteiger partial charge in [-0.2, -0.15) is 0 Å². The number of nitrogens with zero attached hydrogens (tertiary/aromatic N) is 2. The van der Waals surface area contributed by atoms with Crippen LogP contribution in [0.5, 0.6) is 0 Å². The minimum atomic E-state index is 0.0779. The zero-order valence-electron chi connectivity index (χ0n) is 18.1. The molecule has 0 saturated carbocycles. The molecule has 0 aliphatic carbocycles. The Balaban J connectivity index is 1.62. The average molecular weight is 393 g/mol. The predicted molar refractivity (Wildman–Crippen MR) is 131 cm³/mol. The summed E-state index contributed by atoms with van der Waals surface area (Å²) >= 11 is 0. The zero-order valence-corrected chi connectivity index (χ0v) is 18.1. The summed E-state index contributed by atoms with van der Waals surface area (Å²) in [6.07, 6.45) is 0. The van der Waals surface area contributed by atoms with Crippen LogP contribution in [0.1, 0.15) is 50.9 Å². The number of aliphatic imine (C=N–C) groups is 2. The number of rotatable bonds is 5. The van der Waals surface area contributed by atoms with E-state index < -0.39 is 0 Å². The monoisotopic (exact) mass is 392 g/mol. The molecule has 0 amide bonds. The van der Waals surface area contributed by atoms with Gasteiger partial charge in [0.05, 0.1) is 23.5 Å². The minimum Gasteiger partial charge on any atom is -0.280 e. The third-order valence-electron chi connectivity index (χ3n) is 5.85. The van der Waals surface area contributed by atoms with Gasteiger partial charge in [-0.1, -0.05) is 84.9 Å². The lowest BCUT2D eigenvalue weighted by molar-refractivity contribution is 0.820. The standard InChI is InChI=1S/C28H28N2/c1-19(29-21(3)25-17-9-13-23-11-5-7-15-27(23)25)20(2)30-22(4)26-18-10-14-24-12-6-8-16-28(24)26/h5-18,21-22H,1-4H3/t21-,22?/m0/s1. The summed E-state index contributed by atoms with van der Waals surface area (Å²) in [5, 5.41) is 5.04. The van der Waals surface area contributed by atoms with E-state index in [4.69, 9.17) is 9.98 Å². The van der Waals surface area contributed by atoms with Gasteiger partial charge in [-0.25, -0.2) is 0 Å². The van der Waals surface area contributed by atoms with E-state index in [-0.39, 0.29) is 12.1 Å². The third-order valence-corrected chi connectivity index (χ3v) is 5.85. The van der Waals surface area contributed by atoms with Crippen LogP contribution in [0, 0.1) is 0 Å². The van der Waals surface area contributed by atoms with Crippen molar-refractivity contribution in [3.8, 4) is 0 Å². The van der Waals surface area contributed by atoms with E-state index >= 15 is 0 Å². The molecule has 150 valence electrons. The fourth-order valence-electron chi connectivity index (χ4n) is 4.14. The first kappa shape index (κ1) is 20.0. The lowest BCUT2D eigenvalue weighted by Gasteiger charge is -2.14. The lowest BCUT2D eigenvalue weighted by atomic mass is 9.99. The van der Waals surface area contributed by atoms with Crippen LogP contribution in [0.15, 0.2) is 94.9 Å². The van der Waals surface area contributed by atoms with Crippen LogP contribution in [0.2, 0.25) is 0 Å². The predicted octanol–water partition coefficient (Wildman–Crippen LogP) is 7.74. The number of hydrogen-bond acceptors (Lipinski definition) is 2. The van der Waals surface area contributed by atoms with Crippen LogP contribution < -0.4 is 0 Å². The molecular formula is C28H28N2. The molecule has 30 heavy (non-hydrogen) atoms. The van der Waals surface area contributed by atoms with Gasteiger partial charge < -0.3 is 0 Å². The van der Waals surface area contributed by atoms with E-state index in [2.05, 4.69) is 113 Å². The second kappa shape index (κ2) is 8.62. The van der Waals surface area contributed by atoms with Crippen molar-refractivity contribution in [2.75, 3.05) is 0 Å². The fraction of sp³-hybridized carbons (Fsp3) is 0.214. The van der Waals surface area contributed by atoms with Crippen molar-refractivity contribution in [1.29, 1.82) is 0 Å². The highest BCUT2D eigenvalue weighted by atomic mass is 14.8. The SMILES string of the molecule is CC(=NC(C)c1cccc2ccccc12)C(C)=N[C@@H](C)c1cccc2ccccc12. The van der Waals surface area contributed by atoms with Gasteiger partial charge in [-0.05, 0) is 60.4 Å². The molecule has 4 aromatic carbocycles. The van der Waals surface area contributed by atoms with E-state index in [1.54, 1.807) is 0 Å². The quantitative estimate of drug-likeness (QED) is 0.310. The largest absolute Gasteiger partial charge is 0.280 e. The van der Waals surface area contributed by atoms with E-state index in [0.717, 1.165) is 11.4 Å². The average Bonchev–Trinajstić information content (AvgIpc) is 2.78. The molecule has 0 aliphatic heterocycles. The topological polar surface area (TPSA) is 24.7 Å². The van der Waals surface area contributed by atoms with Crippen molar-refractivity contribution < 1.29 is 0 Å². The highest BCUT2D eigenvalue weighted by Crippen LogP contribution is 2.28. The summed E-state index contributed by atoms with van der Waals surface area (Å²) in [6, 6.07) is 30.0. The maximum Gasteiger partial charge on any atom is 0.0730 e. The Bertz CT molecular complexity index is 1140. The van der Waals surface area contributed by atoms with Gasteiger partial charge in [0.1, 0.15) is 0 Å². The van der Waals surface area contributed by atoms with Crippen molar-refractivity contribution in [3.05, 3.63) is 96.1 Å². The molecule has 0 spiro atoms. The van der Waals surface area contributed by atoms with Crippen LogP contribution in [0.3, 0.4) is 0 Å². The lowest BCUT2D eigenvalue weighted by Crippen LogP contribution is -2.09. The minimum absolute atomic E-state index is 0.0779. The van der Waals surface area contributed by atoms with Gasteiger partial charge >= 0.3 is 0 Å². The molecular weight excluding hydrogens is 364 g/mol. The van der Waals surface area contributed by atoms with Crippen molar-refractivity contribution in [2.24, 2.45) is 9.98 Å². The molecule has 0 saturated heterocycles.